The Morgan fingerprint density at radius 3 is 2.57 bits per heavy atom. The zero-order chi connectivity index (χ0) is 15.2. The molecule has 4 heteroatoms. The lowest BCUT2D eigenvalue weighted by molar-refractivity contribution is -0.141. The number of benzene rings is 2. The number of hydrogen-bond donors (Lipinski definition) is 0. The van der Waals surface area contributed by atoms with Gasteiger partial charge in [-0.25, -0.2) is 4.79 Å². The molecule has 0 bridgehead atoms. The van der Waals surface area contributed by atoms with Gasteiger partial charge in [0.15, 0.2) is 6.10 Å². The molecular weight excluding hydrogens is 266 g/mol. The SMILES string of the molecule is Cc1cccc(O[C@H](C)C(=O)Oc2cccc(C#N)c2)c1. The summed E-state index contributed by atoms with van der Waals surface area (Å²) in [4.78, 5) is 12.0. The van der Waals surface area contributed by atoms with E-state index in [1.54, 1.807) is 31.2 Å². The fourth-order valence-corrected chi connectivity index (χ4v) is 1.77. The van der Waals surface area contributed by atoms with Crippen LogP contribution in [-0.2, 0) is 4.79 Å². The summed E-state index contributed by atoms with van der Waals surface area (Å²) in [6.45, 7) is 3.57. The van der Waals surface area contributed by atoms with Crippen molar-refractivity contribution in [3.63, 3.8) is 0 Å². The third-order valence-electron chi connectivity index (χ3n) is 2.82. The molecule has 0 amide bonds. The van der Waals surface area contributed by atoms with E-state index in [1.807, 2.05) is 31.2 Å². The van der Waals surface area contributed by atoms with Gasteiger partial charge >= 0.3 is 5.97 Å². The van der Waals surface area contributed by atoms with Crippen molar-refractivity contribution in [2.45, 2.75) is 20.0 Å². The van der Waals surface area contributed by atoms with Crippen molar-refractivity contribution in [2.24, 2.45) is 0 Å². The number of esters is 1. The zero-order valence-corrected chi connectivity index (χ0v) is 11.9. The average molecular weight is 281 g/mol. The van der Waals surface area contributed by atoms with E-state index in [2.05, 4.69) is 0 Å². The van der Waals surface area contributed by atoms with Crippen molar-refractivity contribution in [2.75, 3.05) is 0 Å². The summed E-state index contributed by atoms with van der Waals surface area (Å²) in [5, 5.41) is 8.81. The number of aryl methyl sites for hydroxylation is 1. The fraction of sp³-hybridized carbons (Fsp3) is 0.176. The van der Waals surface area contributed by atoms with Gasteiger partial charge < -0.3 is 9.47 Å². The molecule has 0 saturated carbocycles. The second-order valence-corrected chi connectivity index (χ2v) is 4.64. The molecule has 0 saturated heterocycles. The predicted octanol–water partition coefficient (Wildman–Crippen LogP) is 3.24. The van der Waals surface area contributed by atoms with E-state index in [1.165, 1.54) is 6.07 Å². The molecule has 106 valence electrons. The molecule has 0 fully saturated rings. The van der Waals surface area contributed by atoms with Crippen LogP contribution in [0.1, 0.15) is 18.1 Å². The third-order valence-corrected chi connectivity index (χ3v) is 2.82. The van der Waals surface area contributed by atoms with E-state index in [4.69, 9.17) is 14.7 Å². The van der Waals surface area contributed by atoms with Gasteiger partial charge in [0.05, 0.1) is 11.6 Å². The molecule has 0 radical (unpaired) electrons. The highest BCUT2D eigenvalue weighted by Gasteiger charge is 2.17. The van der Waals surface area contributed by atoms with Crippen LogP contribution in [0.25, 0.3) is 0 Å². The van der Waals surface area contributed by atoms with Gasteiger partial charge in [-0.1, -0.05) is 18.2 Å². The maximum absolute atomic E-state index is 12.0. The lowest BCUT2D eigenvalue weighted by Gasteiger charge is -2.14. The standard InChI is InChI=1S/C17H15NO3/c1-12-5-3-7-15(9-12)20-13(2)17(19)21-16-8-4-6-14(10-16)11-18/h3-10,13H,1-2H3/t13-/m1/s1. The summed E-state index contributed by atoms with van der Waals surface area (Å²) < 4.78 is 10.8. The highest BCUT2D eigenvalue weighted by atomic mass is 16.6. The number of nitriles is 1. The Balaban J connectivity index is 2.01. The maximum Gasteiger partial charge on any atom is 0.352 e. The molecule has 0 N–H and O–H groups in total. The normalized spacial score (nSPS) is 11.3. The second kappa shape index (κ2) is 6.58. The van der Waals surface area contributed by atoms with Crippen molar-refractivity contribution in [3.8, 4) is 17.6 Å². The first-order valence-electron chi connectivity index (χ1n) is 6.53. The summed E-state index contributed by atoms with van der Waals surface area (Å²) >= 11 is 0. The van der Waals surface area contributed by atoms with Crippen molar-refractivity contribution in [1.82, 2.24) is 0 Å². The first-order chi connectivity index (χ1) is 10.1. The second-order valence-electron chi connectivity index (χ2n) is 4.64. The van der Waals surface area contributed by atoms with Crippen molar-refractivity contribution < 1.29 is 14.3 Å². The molecule has 0 aliphatic heterocycles. The first kappa shape index (κ1) is 14.6. The van der Waals surface area contributed by atoms with E-state index in [9.17, 15) is 4.79 Å². The molecule has 0 aliphatic rings. The molecule has 0 aromatic heterocycles. The molecule has 4 nitrogen and oxygen atoms in total. The van der Waals surface area contributed by atoms with Gasteiger partial charge in [-0.05, 0) is 49.7 Å². The molecule has 2 aromatic rings. The van der Waals surface area contributed by atoms with Crippen molar-refractivity contribution in [1.29, 1.82) is 5.26 Å². The molecule has 1 atom stereocenters. The monoisotopic (exact) mass is 281 g/mol. The molecule has 2 rings (SSSR count). The van der Waals surface area contributed by atoms with Crippen LogP contribution >= 0.6 is 0 Å². The number of ether oxygens (including phenoxy) is 2. The molecule has 21 heavy (non-hydrogen) atoms. The van der Waals surface area contributed by atoms with Crippen LogP contribution in [0.2, 0.25) is 0 Å². The fourth-order valence-electron chi connectivity index (χ4n) is 1.77. The number of carbonyl (C=O) groups excluding carboxylic acids is 1. The van der Waals surface area contributed by atoms with Gasteiger partial charge in [0, 0.05) is 0 Å². The van der Waals surface area contributed by atoms with Crippen LogP contribution in [0.4, 0.5) is 0 Å². The number of carbonyl (C=O) groups is 1. The largest absolute Gasteiger partial charge is 0.479 e. The summed E-state index contributed by atoms with van der Waals surface area (Å²) in [6, 6.07) is 15.9. The predicted molar refractivity (Wildman–Crippen MR) is 78.1 cm³/mol. The van der Waals surface area contributed by atoms with Crippen LogP contribution in [0.15, 0.2) is 48.5 Å². The molecule has 0 spiro atoms. The molecule has 0 heterocycles. The summed E-state index contributed by atoms with van der Waals surface area (Å²) in [6.07, 6.45) is -0.738. The Labute approximate surface area is 123 Å². The third kappa shape index (κ3) is 4.08. The minimum Gasteiger partial charge on any atom is -0.479 e. The topological polar surface area (TPSA) is 59.3 Å². The van der Waals surface area contributed by atoms with Crippen molar-refractivity contribution >= 4 is 5.97 Å². The lowest BCUT2D eigenvalue weighted by Crippen LogP contribution is -2.28. The minimum atomic E-state index is -0.738. The Bertz CT molecular complexity index is 688. The smallest absolute Gasteiger partial charge is 0.352 e. The number of rotatable bonds is 4. The highest BCUT2D eigenvalue weighted by Crippen LogP contribution is 2.17. The molecule has 2 aromatic carbocycles. The number of hydrogen-bond acceptors (Lipinski definition) is 4. The van der Waals surface area contributed by atoms with Crippen molar-refractivity contribution in [3.05, 3.63) is 59.7 Å². The van der Waals surface area contributed by atoms with Gasteiger partial charge in [-0.3, -0.25) is 0 Å². The van der Waals surface area contributed by atoms with E-state index in [0.29, 0.717) is 17.1 Å². The lowest BCUT2D eigenvalue weighted by atomic mass is 10.2. The van der Waals surface area contributed by atoms with E-state index in [0.717, 1.165) is 5.56 Å². The van der Waals surface area contributed by atoms with Gasteiger partial charge in [-0.2, -0.15) is 5.26 Å². The van der Waals surface area contributed by atoms with E-state index >= 15 is 0 Å². The maximum atomic E-state index is 12.0. The highest BCUT2D eigenvalue weighted by molar-refractivity contribution is 5.77. The van der Waals surface area contributed by atoms with Crippen LogP contribution in [0, 0.1) is 18.3 Å². The average Bonchev–Trinajstić information content (AvgIpc) is 2.47. The Kier molecular flexibility index (Phi) is 4.57. The summed E-state index contributed by atoms with van der Waals surface area (Å²) in [5.74, 6) is 0.440. The Morgan fingerprint density at radius 1 is 1.14 bits per heavy atom. The van der Waals surface area contributed by atoms with Crippen LogP contribution in [-0.4, -0.2) is 12.1 Å². The molecular formula is C17H15NO3. The first-order valence-corrected chi connectivity index (χ1v) is 6.53. The molecule has 0 unspecified atom stereocenters. The zero-order valence-electron chi connectivity index (χ0n) is 11.9. The van der Waals surface area contributed by atoms with E-state index in [-0.39, 0.29) is 0 Å². The summed E-state index contributed by atoms with van der Waals surface area (Å²) in [7, 11) is 0. The van der Waals surface area contributed by atoms with E-state index < -0.39 is 12.1 Å². The van der Waals surface area contributed by atoms with Gasteiger partial charge in [0.2, 0.25) is 0 Å². The Hall–Kier alpha value is -2.80. The number of nitrogens with zero attached hydrogens (tertiary/aromatic N) is 1. The van der Waals surface area contributed by atoms with Crippen LogP contribution < -0.4 is 9.47 Å². The summed E-state index contributed by atoms with van der Waals surface area (Å²) in [5.41, 5.74) is 1.49. The van der Waals surface area contributed by atoms with Gasteiger partial charge in [0.1, 0.15) is 11.5 Å². The quantitative estimate of drug-likeness (QED) is 0.637. The van der Waals surface area contributed by atoms with Crippen LogP contribution in [0.5, 0.6) is 11.5 Å². The van der Waals surface area contributed by atoms with Gasteiger partial charge in [0.25, 0.3) is 0 Å². The Morgan fingerprint density at radius 2 is 1.86 bits per heavy atom. The minimum absolute atomic E-state index is 0.332. The van der Waals surface area contributed by atoms with Crippen LogP contribution in [0.3, 0.4) is 0 Å². The molecule has 0 aliphatic carbocycles. The van der Waals surface area contributed by atoms with Gasteiger partial charge in [-0.15, -0.1) is 0 Å².